The first-order valence-corrected chi connectivity index (χ1v) is 6.13. The van der Waals surface area contributed by atoms with Crippen LogP contribution < -0.4 is 5.32 Å². The fourth-order valence-electron chi connectivity index (χ4n) is 1.65. The van der Waals surface area contributed by atoms with Crippen molar-refractivity contribution >= 4 is 27.5 Å². The predicted molar refractivity (Wildman–Crippen MR) is 64.6 cm³/mol. The normalized spacial score (nSPS) is 16.9. The summed E-state index contributed by atoms with van der Waals surface area (Å²) in [6, 6.07) is 4.25. The first-order chi connectivity index (χ1) is 7.58. The molecule has 1 saturated carbocycles. The van der Waals surface area contributed by atoms with E-state index in [4.69, 9.17) is 0 Å². The first kappa shape index (κ1) is 11.6. The van der Waals surface area contributed by atoms with Gasteiger partial charge in [0.05, 0.1) is 5.69 Å². The summed E-state index contributed by atoms with van der Waals surface area (Å²) in [4.78, 5) is 11.8. The van der Waals surface area contributed by atoms with Crippen LogP contribution in [0.25, 0.3) is 0 Å². The van der Waals surface area contributed by atoms with Gasteiger partial charge in [-0.25, -0.2) is 4.39 Å². The molecule has 0 saturated heterocycles. The van der Waals surface area contributed by atoms with Gasteiger partial charge in [0.1, 0.15) is 5.82 Å². The fraction of sp³-hybridized carbons (Fsp3) is 0.417. The van der Waals surface area contributed by atoms with Crippen molar-refractivity contribution in [3.8, 4) is 0 Å². The Balaban J connectivity index is 2.05. The minimum Gasteiger partial charge on any atom is -0.325 e. The summed E-state index contributed by atoms with van der Waals surface area (Å²) in [6.45, 7) is 1.93. The average molecular weight is 286 g/mol. The van der Waals surface area contributed by atoms with E-state index >= 15 is 0 Å². The standard InChI is InChI=1S/C12H13BrFNO/c1-7(8-2-3-8)12(16)15-11-5-4-9(14)6-10(11)13/h4-8H,2-3H2,1H3,(H,15,16). The molecule has 0 aromatic heterocycles. The Hall–Kier alpha value is -0.900. The number of amides is 1. The van der Waals surface area contributed by atoms with Crippen molar-refractivity contribution in [2.24, 2.45) is 11.8 Å². The van der Waals surface area contributed by atoms with Crippen LogP contribution in [-0.4, -0.2) is 5.91 Å². The van der Waals surface area contributed by atoms with Crippen LogP contribution in [-0.2, 0) is 4.79 Å². The first-order valence-electron chi connectivity index (χ1n) is 5.34. The molecule has 0 spiro atoms. The average Bonchev–Trinajstić information content (AvgIpc) is 3.04. The number of nitrogens with one attached hydrogen (secondary N) is 1. The number of benzene rings is 1. The Morgan fingerprint density at radius 2 is 2.25 bits per heavy atom. The van der Waals surface area contributed by atoms with Crippen molar-refractivity contribution in [1.82, 2.24) is 0 Å². The molecule has 1 atom stereocenters. The summed E-state index contributed by atoms with van der Waals surface area (Å²) in [7, 11) is 0. The number of hydrogen-bond acceptors (Lipinski definition) is 1. The van der Waals surface area contributed by atoms with Gasteiger partial charge in [-0.3, -0.25) is 4.79 Å². The van der Waals surface area contributed by atoms with Crippen LogP contribution in [0.5, 0.6) is 0 Å². The molecule has 0 heterocycles. The Bertz CT molecular complexity index is 417. The molecule has 1 aliphatic rings. The second-order valence-electron chi connectivity index (χ2n) is 4.24. The molecule has 1 aliphatic carbocycles. The topological polar surface area (TPSA) is 29.1 Å². The summed E-state index contributed by atoms with van der Waals surface area (Å²) >= 11 is 3.22. The lowest BCUT2D eigenvalue weighted by Crippen LogP contribution is -2.22. The molecule has 4 heteroatoms. The van der Waals surface area contributed by atoms with E-state index < -0.39 is 0 Å². The lowest BCUT2D eigenvalue weighted by Gasteiger charge is -2.12. The van der Waals surface area contributed by atoms with E-state index in [2.05, 4.69) is 21.2 Å². The van der Waals surface area contributed by atoms with Gasteiger partial charge in [0.15, 0.2) is 0 Å². The minimum atomic E-state index is -0.319. The maximum absolute atomic E-state index is 12.8. The van der Waals surface area contributed by atoms with Gasteiger partial charge in [0, 0.05) is 10.4 Å². The number of rotatable bonds is 3. The number of hydrogen-bond donors (Lipinski definition) is 1. The highest BCUT2D eigenvalue weighted by Gasteiger charge is 2.32. The second-order valence-corrected chi connectivity index (χ2v) is 5.09. The molecule has 1 aromatic rings. The van der Waals surface area contributed by atoms with Crippen LogP contribution in [0.1, 0.15) is 19.8 Å². The number of carbonyl (C=O) groups excluding carboxylic acids is 1. The lowest BCUT2D eigenvalue weighted by atomic mass is 10.1. The molecule has 2 nitrogen and oxygen atoms in total. The van der Waals surface area contributed by atoms with E-state index in [0.717, 1.165) is 12.8 Å². The van der Waals surface area contributed by atoms with Crippen molar-refractivity contribution in [3.05, 3.63) is 28.5 Å². The predicted octanol–water partition coefficient (Wildman–Crippen LogP) is 3.57. The van der Waals surface area contributed by atoms with Crippen LogP contribution in [0.15, 0.2) is 22.7 Å². The molecule has 16 heavy (non-hydrogen) atoms. The van der Waals surface area contributed by atoms with E-state index in [0.29, 0.717) is 16.1 Å². The second kappa shape index (κ2) is 4.53. The van der Waals surface area contributed by atoms with Gasteiger partial charge in [-0.05, 0) is 52.9 Å². The van der Waals surface area contributed by atoms with E-state index in [-0.39, 0.29) is 17.6 Å². The monoisotopic (exact) mass is 285 g/mol. The molecule has 0 aliphatic heterocycles. The summed E-state index contributed by atoms with van der Waals surface area (Å²) in [5.74, 6) is 0.256. The third-order valence-corrected chi connectivity index (χ3v) is 3.59. The largest absolute Gasteiger partial charge is 0.325 e. The zero-order valence-corrected chi connectivity index (χ0v) is 10.6. The Morgan fingerprint density at radius 1 is 1.56 bits per heavy atom. The third kappa shape index (κ3) is 2.61. The van der Waals surface area contributed by atoms with Gasteiger partial charge in [-0.2, -0.15) is 0 Å². The van der Waals surface area contributed by atoms with Gasteiger partial charge < -0.3 is 5.32 Å². The highest BCUT2D eigenvalue weighted by Crippen LogP contribution is 2.37. The minimum absolute atomic E-state index is 0.00908. The van der Waals surface area contributed by atoms with Crippen molar-refractivity contribution in [3.63, 3.8) is 0 Å². The molecular formula is C12H13BrFNO. The molecule has 86 valence electrons. The third-order valence-electron chi connectivity index (χ3n) is 2.93. The molecule has 0 radical (unpaired) electrons. The van der Waals surface area contributed by atoms with E-state index in [1.54, 1.807) is 6.07 Å². The zero-order chi connectivity index (χ0) is 11.7. The smallest absolute Gasteiger partial charge is 0.227 e. The molecule has 2 rings (SSSR count). The summed E-state index contributed by atoms with van der Waals surface area (Å²) < 4.78 is 13.4. The summed E-state index contributed by atoms with van der Waals surface area (Å²) in [5, 5.41) is 2.81. The van der Waals surface area contributed by atoms with Gasteiger partial charge in [0.25, 0.3) is 0 Å². The van der Waals surface area contributed by atoms with Gasteiger partial charge in [-0.15, -0.1) is 0 Å². The van der Waals surface area contributed by atoms with Crippen LogP contribution in [0.3, 0.4) is 0 Å². The molecule has 1 aromatic carbocycles. The maximum atomic E-state index is 12.8. The fourth-order valence-corrected chi connectivity index (χ4v) is 2.10. The Labute approximate surface area is 102 Å². The quantitative estimate of drug-likeness (QED) is 0.904. The highest BCUT2D eigenvalue weighted by molar-refractivity contribution is 9.10. The van der Waals surface area contributed by atoms with Crippen LogP contribution >= 0.6 is 15.9 Å². The highest BCUT2D eigenvalue weighted by atomic mass is 79.9. The molecule has 0 bridgehead atoms. The molecule has 1 amide bonds. The lowest BCUT2D eigenvalue weighted by molar-refractivity contribution is -0.119. The van der Waals surface area contributed by atoms with E-state index in [1.165, 1.54) is 12.1 Å². The van der Waals surface area contributed by atoms with Crippen molar-refractivity contribution in [2.75, 3.05) is 5.32 Å². The van der Waals surface area contributed by atoms with E-state index in [1.807, 2.05) is 6.92 Å². The Morgan fingerprint density at radius 3 is 2.81 bits per heavy atom. The molecule has 1 N–H and O–H groups in total. The van der Waals surface area contributed by atoms with Gasteiger partial charge in [-0.1, -0.05) is 6.92 Å². The van der Waals surface area contributed by atoms with Crippen molar-refractivity contribution in [1.29, 1.82) is 0 Å². The Kier molecular flexibility index (Phi) is 3.28. The zero-order valence-electron chi connectivity index (χ0n) is 8.97. The van der Waals surface area contributed by atoms with Crippen LogP contribution in [0, 0.1) is 17.7 Å². The van der Waals surface area contributed by atoms with Crippen LogP contribution in [0.2, 0.25) is 0 Å². The summed E-state index contributed by atoms with van der Waals surface area (Å²) in [5.41, 5.74) is 0.624. The number of carbonyl (C=O) groups is 1. The molecule has 1 unspecified atom stereocenters. The maximum Gasteiger partial charge on any atom is 0.227 e. The molecular weight excluding hydrogens is 273 g/mol. The number of anilines is 1. The molecule has 1 fully saturated rings. The van der Waals surface area contributed by atoms with Crippen molar-refractivity contribution < 1.29 is 9.18 Å². The van der Waals surface area contributed by atoms with E-state index in [9.17, 15) is 9.18 Å². The number of halogens is 2. The van der Waals surface area contributed by atoms with Gasteiger partial charge >= 0.3 is 0 Å². The summed E-state index contributed by atoms with van der Waals surface area (Å²) in [6.07, 6.45) is 2.28. The van der Waals surface area contributed by atoms with Crippen LogP contribution in [0.4, 0.5) is 10.1 Å². The van der Waals surface area contributed by atoms with Crippen molar-refractivity contribution in [2.45, 2.75) is 19.8 Å². The van der Waals surface area contributed by atoms with Gasteiger partial charge in [0.2, 0.25) is 5.91 Å². The SMILES string of the molecule is CC(C(=O)Nc1ccc(F)cc1Br)C1CC1.